The first kappa shape index (κ1) is 9.01. The molecule has 0 amide bonds. The van der Waals surface area contributed by atoms with Gasteiger partial charge >= 0.3 is 0 Å². The van der Waals surface area contributed by atoms with Crippen LogP contribution in [0.15, 0.2) is 0 Å². The van der Waals surface area contributed by atoms with Gasteiger partial charge in [0.15, 0.2) is 0 Å². The fourth-order valence-corrected chi connectivity index (χ4v) is 2.10. The van der Waals surface area contributed by atoms with Crippen molar-refractivity contribution in [3.63, 3.8) is 0 Å². The Bertz CT molecular complexity index is 117. The van der Waals surface area contributed by atoms with Crippen LogP contribution in [0.3, 0.4) is 0 Å². The van der Waals surface area contributed by atoms with E-state index >= 15 is 0 Å². The van der Waals surface area contributed by atoms with Crippen LogP contribution < -0.4 is 5.73 Å². The molecule has 0 saturated heterocycles. The van der Waals surface area contributed by atoms with Gasteiger partial charge in [0.1, 0.15) is 0 Å². The second-order valence-electron chi connectivity index (χ2n) is 3.79. The lowest BCUT2D eigenvalue weighted by molar-refractivity contribution is 0.0676. The summed E-state index contributed by atoms with van der Waals surface area (Å²) in [5.74, 6) is 0. The Morgan fingerprint density at radius 1 is 1.45 bits per heavy atom. The van der Waals surface area contributed by atoms with Crippen molar-refractivity contribution < 1.29 is 4.74 Å². The second kappa shape index (κ2) is 3.55. The van der Waals surface area contributed by atoms with Gasteiger partial charge in [-0.15, -0.1) is 0 Å². The van der Waals surface area contributed by atoms with E-state index in [1.165, 1.54) is 25.7 Å². The summed E-state index contributed by atoms with van der Waals surface area (Å²) in [5.41, 5.74) is 6.24. The molecule has 0 aromatic heterocycles. The Hall–Kier alpha value is -0.0800. The van der Waals surface area contributed by atoms with Gasteiger partial charge in [-0.3, -0.25) is 0 Å². The zero-order valence-electron chi connectivity index (χ0n) is 7.60. The Labute approximate surface area is 69.1 Å². The minimum absolute atomic E-state index is 0.282. The van der Waals surface area contributed by atoms with Crippen molar-refractivity contribution in [1.82, 2.24) is 0 Å². The molecule has 1 aliphatic rings. The van der Waals surface area contributed by atoms with Crippen LogP contribution in [0, 0.1) is 5.41 Å². The maximum absolute atomic E-state index is 5.94. The molecule has 11 heavy (non-hydrogen) atoms. The van der Waals surface area contributed by atoms with Crippen LogP contribution in [0.2, 0.25) is 0 Å². The highest BCUT2D eigenvalue weighted by molar-refractivity contribution is 4.90. The fraction of sp³-hybridized carbons (Fsp3) is 1.00. The first-order chi connectivity index (χ1) is 5.21. The van der Waals surface area contributed by atoms with Gasteiger partial charge in [0.05, 0.1) is 6.61 Å². The van der Waals surface area contributed by atoms with Gasteiger partial charge < -0.3 is 10.5 Å². The molecular formula is C9H19NO. The van der Waals surface area contributed by atoms with Crippen molar-refractivity contribution in [2.45, 2.75) is 38.6 Å². The van der Waals surface area contributed by atoms with Crippen molar-refractivity contribution >= 4 is 0 Å². The Kier molecular flexibility index (Phi) is 2.90. The van der Waals surface area contributed by atoms with Gasteiger partial charge in [-0.2, -0.15) is 0 Å². The van der Waals surface area contributed by atoms with E-state index in [1.807, 2.05) is 0 Å². The van der Waals surface area contributed by atoms with Crippen LogP contribution >= 0.6 is 0 Å². The maximum Gasteiger partial charge on any atom is 0.0533 e. The van der Waals surface area contributed by atoms with Crippen LogP contribution in [-0.4, -0.2) is 19.8 Å². The molecule has 1 rings (SSSR count). The molecule has 1 saturated carbocycles. The van der Waals surface area contributed by atoms with Crippen LogP contribution in [0.4, 0.5) is 0 Å². The normalized spacial score (nSPS) is 25.4. The lowest BCUT2D eigenvalue weighted by atomic mass is 9.81. The Morgan fingerprint density at radius 2 is 2.00 bits per heavy atom. The van der Waals surface area contributed by atoms with Gasteiger partial charge in [-0.05, 0) is 19.8 Å². The van der Waals surface area contributed by atoms with Crippen LogP contribution in [-0.2, 0) is 4.74 Å². The quantitative estimate of drug-likeness (QED) is 0.674. The van der Waals surface area contributed by atoms with Gasteiger partial charge in [0.2, 0.25) is 0 Å². The summed E-state index contributed by atoms with van der Waals surface area (Å²) in [7, 11) is 1.77. The summed E-state index contributed by atoms with van der Waals surface area (Å²) >= 11 is 0. The molecule has 0 bridgehead atoms. The Balaban J connectivity index is 2.55. The molecule has 0 heterocycles. The van der Waals surface area contributed by atoms with Crippen LogP contribution in [0.5, 0.6) is 0 Å². The number of nitrogens with two attached hydrogens (primary N) is 1. The van der Waals surface area contributed by atoms with Crippen molar-refractivity contribution in [2.75, 3.05) is 13.7 Å². The van der Waals surface area contributed by atoms with E-state index in [1.54, 1.807) is 7.11 Å². The van der Waals surface area contributed by atoms with Crippen molar-refractivity contribution in [3.8, 4) is 0 Å². The van der Waals surface area contributed by atoms with Crippen molar-refractivity contribution in [3.05, 3.63) is 0 Å². The summed E-state index contributed by atoms with van der Waals surface area (Å²) in [6.07, 6.45) is 5.15. The first-order valence-corrected chi connectivity index (χ1v) is 4.46. The number of hydrogen-bond acceptors (Lipinski definition) is 2. The molecule has 0 radical (unpaired) electrons. The van der Waals surface area contributed by atoms with Gasteiger partial charge in [-0.25, -0.2) is 0 Å². The van der Waals surface area contributed by atoms with Crippen LogP contribution in [0.1, 0.15) is 32.6 Å². The van der Waals surface area contributed by atoms with Gasteiger partial charge in [0.25, 0.3) is 0 Å². The van der Waals surface area contributed by atoms with E-state index in [0.717, 1.165) is 6.61 Å². The molecule has 2 N–H and O–H groups in total. The third-order valence-electron chi connectivity index (χ3n) is 3.00. The standard InChI is InChI=1S/C9H19NO/c1-8(10)9(7-11-2)5-3-4-6-9/h8H,3-7,10H2,1-2H3/t8-/m0/s1. The lowest BCUT2D eigenvalue weighted by Gasteiger charge is -2.32. The molecule has 2 heteroatoms. The monoisotopic (exact) mass is 157 g/mol. The number of methoxy groups -OCH3 is 1. The molecule has 0 aromatic carbocycles. The third kappa shape index (κ3) is 1.74. The fourth-order valence-electron chi connectivity index (χ4n) is 2.10. The number of rotatable bonds is 3. The molecule has 2 nitrogen and oxygen atoms in total. The van der Waals surface area contributed by atoms with E-state index < -0.39 is 0 Å². The predicted molar refractivity (Wildman–Crippen MR) is 46.4 cm³/mol. The van der Waals surface area contributed by atoms with Crippen LogP contribution in [0.25, 0.3) is 0 Å². The molecule has 66 valence electrons. The highest BCUT2D eigenvalue weighted by atomic mass is 16.5. The minimum Gasteiger partial charge on any atom is -0.384 e. The van der Waals surface area contributed by atoms with E-state index in [4.69, 9.17) is 10.5 Å². The molecule has 0 aliphatic heterocycles. The van der Waals surface area contributed by atoms with Gasteiger partial charge in [-0.1, -0.05) is 12.8 Å². The average Bonchev–Trinajstić information content (AvgIpc) is 2.38. The summed E-state index contributed by atoms with van der Waals surface area (Å²) in [4.78, 5) is 0. The topological polar surface area (TPSA) is 35.2 Å². The highest BCUT2D eigenvalue weighted by Gasteiger charge is 2.37. The maximum atomic E-state index is 5.94. The van der Waals surface area contributed by atoms with E-state index in [2.05, 4.69) is 6.92 Å². The summed E-state index contributed by atoms with van der Waals surface area (Å²) in [6.45, 7) is 2.94. The zero-order chi connectivity index (χ0) is 8.32. The number of ether oxygens (including phenoxy) is 1. The van der Waals surface area contributed by atoms with E-state index in [0.29, 0.717) is 5.41 Å². The lowest BCUT2D eigenvalue weighted by Crippen LogP contribution is -2.40. The second-order valence-corrected chi connectivity index (χ2v) is 3.79. The smallest absolute Gasteiger partial charge is 0.0533 e. The van der Waals surface area contributed by atoms with Crippen molar-refractivity contribution in [2.24, 2.45) is 11.1 Å². The summed E-state index contributed by atoms with van der Waals surface area (Å²) in [5, 5.41) is 0. The van der Waals surface area contributed by atoms with E-state index in [-0.39, 0.29) is 6.04 Å². The summed E-state index contributed by atoms with van der Waals surface area (Å²) in [6, 6.07) is 0.282. The van der Waals surface area contributed by atoms with E-state index in [9.17, 15) is 0 Å². The number of hydrogen-bond donors (Lipinski definition) is 1. The largest absolute Gasteiger partial charge is 0.384 e. The third-order valence-corrected chi connectivity index (χ3v) is 3.00. The molecule has 0 spiro atoms. The SMILES string of the molecule is COCC1([C@H](C)N)CCCC1. The molecule has 1 atom stereocenters. The summed E-state index contributed by atoms with van der Waals surface area (Å²) < 4.78 is 5.21. The molecular weight excluding hydrogens is 138 g/mol. The zero-order valence-corrected chi connectivity index (χ0v) is 7.60. The van der Waals surface area contributed by atoms with Gasteiger partial charge in [0, 0.05) is 18.6 Å². The molecule has 1 fully saturated rings. The molecule has 0 unspecified atom stereocenters. The first-order valence-electron chi connectivity index (χ1n) is 4.46. The highest BCUT2D eigenvalue weighted by Crippen LogP contribution is 2.40. The van der Waals surface area contributed by atoms with Crippen molar-refractivity contribution in [1.29, 1.82) is 0 Å². The molecule has 0 aromatic rings. The predicted octanol–water partition coefficient (Wildman–Crippen LogP) is 1.54. The Morgan fingerprint density at radius 3 is 2.36 bits per heavy atom. The average molecular weight is 157 g/mol. The minimum atomic E-state index is 0.282. The molecule has 1 aliphatic carbocycles.